The van der Waals surface area contributed by atoms with E-state index in [9.17, 15) is 22.4 Å². The fourth-order valence-corrected chi connectivity index (χ4v) is 4.44. The molecule has 0 radical (unpaired) electrons. The molecular formula is C17H21FN2O5S. The van der Waals surface area contributed by atoms with Gasteiger partial charge in [-0.3, -0.25) is 9.59 Å². The van der Waals surface area contributed by atoms with Crippen LogP contribution in [0.3, 0.4) is 0 Å². The summed E-state index contributed by atoms with van der Waals surface area (Å²) in [5.41, 5.74) is 0. The zero-order valence-electron chi connectivity index (χ0n) is 14.4. The van der Waals surface area contributed by atoms with Gasteiger partial charge in [0.15, 0.2) is 6.61 Å². The Morgan fingerprint density at radius 3 is 2.38 bits per heavy atom. The van der Waals surface area contributed by atoms with Crippen molar-refractivity contribution >= 4 is 21.9 Å². The molecular weight excluding hydrogens is 363 g/mol. The Morgan fingerprint density at radius 2 is 1.81 bits per heavy atom. The molecule has 26 heavy (non-hydrogen) atoms. The SMILES string of the molecule is C[C@H]1C[C@H]1C(=O)OCC(=O)N1CCN(S(=O)(=O)c2ccccc2F)CC1. The van der Waals surface area contributed by atoms with Crippen molar-refractivity contribution in [3.63, 3.8) is 0 Å². The number of esters is 1. The number of carbonyl (C=O) groups is 2. The lowest BCUT2D eigenvalue weighted by molar-refractivity contribution is -0.153. The van der Waals surface area contributed by atoms with Crippen LogP contribution in [0.4, 0.5) is 4.39 Å². The number of amides is 1. The van der Waals surface area contributed by atoms with Crippen LogP contribution in [0.25, 0.3) is 0 Å². The van der Waals surface area contributed by atoms with Crippen LogP contribution in [0, 0.1) is 17.7 Å². The maximum Gasteiger partial charge on any atom is 0.309 e. The summed E-state index contributed by atoms with van der Waals surface area (Å²) in [5.74, 6) is -1.30. The number of ether oxygens (including phenoxy) is 1. The Hall–Kier alpha value is -2.00. The topological polar surface area (TPSA) is 84.0 Å². The van der Waals surface area contributed by atoms with Crippen molar-refractivity contribution in [3.05, 3.63) is 30.1 Å². The van der Waals surface area contributed by atoms with Crippen molar-refractivity contribution in [1.82, 2.24) is 9.21 Å². The molecule has 1 aromatic carbocycles. The highest BCUT2D eigenvalue weighted by Gasteiger charge is 2.41. The average Bonchev–Trinajstić information content (AvgIpc) is 3.36. The quantitative estimate of drug-likeness (QED) is 0.703. The second-order valence-corrected chi connectivity index (χ2v) is 8.55. The monoisotopic (exact) mass is 384 g/mol. The predicted molar refractivity (Wildman–Crippen MR) is 90.0 cm³/mol. The second-order valence-electron chi connectivity index (χ2n) is 6.64. The number of piperazine rings is 1. The molecule has 7 nitrogen and oxygen atoms in total. The minimum Gasteiger partial charge on any atom is -0.455 e. The molecule has 0 N–H and O–H groups in total. The zero-order chi connectivity index (χ0) is 18.9. The van der Waals surface area contributed by atoms with E-state index in [1.165, 1.54) is 23.1 Å². The van der Waals surface area contributed by atoms with Crippen molar-refractivity contribution in [2.24, 2.45) is 11.8 Å². The fraction of sp³-hybridized carbons (Fsp3) is 0.529. The first-order chi connectivity index (χ1) is 12.3. The van der Waals surface area contributed by atoms with Gasteiger partial charge < -0.3 is 9.64 Å². The van der Waals surface area contributed by atoms with Crippen molar-refractivity contribution < 1.29 is 27.1 Å². The van der Waals surface area contributed by atoms with Crippen LogP contribution in [-0.4, -0.2) is 62.3 Å². The van der Waals surface area contributed by atoms with Gasteiger partial charge in [0.2, 0.25) is 10.0 Å². The summed E-state index contributed by atoms with van der Waals surface area (Å²) in [7, 11) is -3.94. The van der Waals surface area contributed by atoms with E-state index in [2.05, 4.69) is 0 Å². The fourth-order valence-electron chi connectivity index (χ4n) is 2.95. The summed E-state index contributed by atoms with van der Waals surface area (Å²) in [6, 6.07) is 5.21. The van der Waals surface area contributed by atoms with E-state index in [1.807, 2.05) is 6.92 Å². The van der Waals surface area contributed by atoms with E-state index in [0.717, 1.165) is 16.8 Å². The van der Waals surface area contributed by atoms with Gasteiger partial charge in [-0.25, -0.2) is 12.8 Å². The number of nitrogens with zero attached hydrogens (tertiary/aromatic N) is 2. The third-order valence-corrected chi connectivity index (χ3v) is 6.73. The van der Waals surface area contributed by atoms with E-state index in [4.69, 9.17) is 4.74 Å². The van der Waals surface area contributed by atoms with Crippen LogP contribution in [0.15, 0.2) is 29.2 Å². The lowest BCUT2D eigenvalue weighted by atomic mass is 10.3. The maximum absolute atomic E-state index is 13.8. The molecule has 1 saturated heterocycles. The minimum absolute atomic E-state index is 0.0655. The van der Waals surface area contributed by atoms with Gasteiger partial charge in [-0.05, 0) is 24.5 Å². The van der Waals surface area contributed by atoms with Gasteiger partial charge in [0.1, 0.15) is 10.7 Å². The standard InChI is InChI=1S/C17H21FN2O5S/c1-12-10-13(12)17(22)25-11-16(21)19-6-8-20(9-7-19)26(23,24)15-5-3-2-4-14(15)18/h2-5,12-13H,6-11H2,1H3/t12-,13+/m0/s1. The number of hydrogen-bond donors (Lipinski definition) is 0. The Labute approximate surface area is 151 Å². The van der Waals surface area contributed by atoms with Gasteiger partial charge >= 0.3 is 5.97 Å². The predicted octanol–water partition coefficient (Wildman–Crippen LogP) is 0.858. The average molecular weight is 384 g/mol. The van der Waals surface area contributed by atoms with E-state index in [1.54, 1.807) is 0 Å². The van der Waals surface area contributed by atoms with Crippen LogP contribution >= 0.6 is 0 Å². The number of halogens is 1. The zero-order valence-corrected chi connectivity index (χ0v) is 15.2. The van der Waals surface area contributed by atoms with Crippen LogP contribution in [0.5, 0.6) is 0 Å². The molecule has 142 valence electrons. The third kappa shape index (κ3) is 3.88. The lowest BCUT2D eigenvalue weighted by Gasteiger charge is -2.33. The molecule has 3 rings (SSSR count). The minimum atomic E-state index is -3.94. The van der Waals surface area contributed by atoms with E-state index < -0.39 is 15.8 Å². The second kappa shape index (κ2) is 7.32. The molecule has 1 amide bonds. The molecule has 1 heterocycles. The van der Waals surface area contributed by atoms with Gasteiger partial charge in [-0.2, -0.15) is 4.31 Å². The Bertz CT molecular complexity index is 805. The first-order valence-corrected chi connectivity index (χ1v) is 9.94. The highest BCUT2D eigenvalue weighted by atomic mass is 32.2. The van der Waals surface area contributed by atoms with E-state index in [-0.39, 0.29) is 55.5 Å². The number of carbonyl (C=O) groups excluding carboxylic acids is 2. The van der Waals surface area contributed by atoms with Crippen molar-refractivity contribution in [2.75, 3.05) is 32.8 Å². The molecule has 0 bridgehead atoms. The van der Waals surface area contributed by atoms with Gasteiger partial charge in [0, 0.05) is 26.2 Å². The molecule has 1 aliphatic carbocycles. The summed E-state index contributed by atoms with van der Waals surface area (Å²) >= 11 is 0. The molecule has 0 aromatic heterocycles. The van der Waals surface area contributed by atoms with Crippen LogP contribution < -0.4 is 0 Å². The maximum atomic E-state index is 13.8. The van der Waals surface area contributed by atoms with Crippen molar-refractivity contribution in [1.29, 1.82) is 0 Å². The first kappa shape index (κ1) is 18.8. The van der Waals surface area contributed by atoms with E-state index in [0.29, 0.717) is 5.92 Å². The van der Waals surface area contributed by atoms with Gasteiger partial charge in [-0.15, -0.1) is 0 Å². The summed E-state index contributed by atoms with van der Waals surface area (Å²) in [6.45, 7) is 2.09. The molecule has 0 unspecified atom stereocenters. The molecule has 9 heteroatoms. The molecule has 1 aromatic rings. The summed E-state index contributed by atoms with van der Waals surface area (Å²) in [5, 5.41) is 0. The highest BCUT2D eigenvalue weighted by molar-refractivity contribution is 7.89. The third-order valence-electron chi connectivity index (χ3n) is 4.80. The number of hydrogen-bond acceptors (Lipinski definition) is 5. The molecule has 2 fully saturated rings. The highest BCUT2D eigenvalue weighted by Crippen LogP contribution is 2.38. The van der Waals surface area contributed by atoms with Gasteiger partial charge in [0.25, 0.3) is 5.91 Å². The number of sulfonamides is 1. The van der Waals surface area contributed by atoms with E-state index >= 15 is 0 Å². The molecule has 2 aliphatic rings. The Balaban J connectivity index is 1.53. The molecule has 1 aliphatic heterocycles. The normalized spacial score (nSPS) is 23.5. The van der Waals surface area contributed by atoms with Crippen molar-refractivity contribution in [3.8, 4) is 0 Å². The lowest BCUT2D eigenvalue weighted by Crippen LogP contribution is -2.51. The van der Waals surface area contributed by atoms with Gasteiger partial charge in [-0.1, -0.05) is 19.1 Å². The molecule has 0 spiro atoms. The first-order valence-electron chi connectivity index (χ1n) is 8.50. The summed E-state index contributed by atoms with van der Waals surface area (Å²) in [4.78, 5) is 24.9. The Kier molecular flexibility index (Phi) is 5.29. The van der Waals surface area contributed by atoms with Crippen LogP contribution in [0.1, 0.15) is 13.3 Å². The smallest absolute Gasteiger partial charge is 0.309 e. The number of benzene rings is 1. The molecule has 1 saturated carbocycles. The van der Waals surface area contributed by atoms with Crippen LogP contribution in [-0.2, 0) is 24.3 Å². The summed E-state index contributed by atoms with van der Waals surface area (Å²) < 4.78 is 45.0. The van der Waals surface area contributed by atoms with Crippen molar-refractivity contribution in [2.45, 2.75) is 18.2 Å². The molecule has 2 atom stereocenters. The summed E-state index contributed by atoms with van der Waals surface area (Å²) in [6.07, 6.45) is 0.791. The Morgan fingerprint density at radius 1 is 1.19 bits per heavy atom. The number of rotatable bonds is 5. The van der Waals surface area contributed by atoms with Crippen LogP contribution in [0.2, 0.25) is 0 Å². The largest absolute Gasteiger partial charge is 0.455 e. The van der Waals surface area contributed by atoms with Gasteiger partial charge in [0.05, 0.1) is 5.92 Å².